The number of benzene rings is 1. The molecule has 21 heavy (non-hydrogen) atoms. The topological polar surface area (TPSA) is 47.0 Å². The summed E-state index contributed by atoms with van der Waals surface area (Å²) in [7, 11) is 1.80. The Labute approximate surface area is 131 Å². The van der Waals surface area contributed by atoms with Crippen LogP contribution in [0.1, 0.15) is 24.7 Å². The van der Waals surface area contributed by atoms with Crippen molar-refractivity contribution in [3.05, 3.63) is 39.9 Å². The van der Waals surface area contributed by atoms with Gasteiger partial charge in [0.05, 0.1) is 10.0 Å². The Morgan fingerprint density at radius 3 is 2.76 bits per heavy atom. The molecule has 112 valence electrons. The van der Waals surface area contributed by atoms with Crippen molar-refractivity contribution in [3.8, 4) is 11.6 Å². The van der Waals surface area contributed by atoms with Gasteiger partial charge in [0.25, 0.3) is 0 Å². The molecule has 0 aliphatic rings. The summed E-state index contributed by atoms with van der Waals surface area (Å²) in [5.41, 5.74) is 0.786. The van der Waals surface area contributed by atoms with Crippen LogP contribution in [0.15, 0.2) is 22.7 Å². The number of hydrogen-bond acceptors (Lipinski definition) is 4. The number of nitrogens with zero attached hydrogens (tertiary/aromatic N) is 2. The number of hydrogen-bond donors (Lipinski definition) is 1. The van der Waals surface area contributed by atoms with E-state index in [1.54, 1.807) is 13.1 Å². The Morgan fingerprint density at radius 1 is 1.33 bits per heavy atom. The maximum Gasteiger partial charge on any atom is 0.227 e. The van der Waals surface area contributed by atoms with Crippen molar-refractivity contribution >= 4 is 21.7 Å². The molecule has 1 N–H and O–H groups in total. The Morgan fingerprint density at radius 2 is 2.10 bits per heavy atom. The Kier molecular flexibility index (Phi) is 5.12. The SMILES string of the molecule is CCCc1nc(NC)c(C)c(Oc2cc(F)ccc2Br)n1. The van der Waals surface area contributed by atoms with Crippen molar-refractivity contribution in [1.29, 1.82) is 0 Å². The van der Waals surface area contributed by atoms with Crippen molar-refractivity contribution in [3.63, 3.8) is 0 Å². The molecule has 0 aliphatic carbocycles. The van der Waals surface area contributed by atoms with Crippen LogP contribution < -0.4 is 10.1 Å². The highest BCUT2D eigenvalue weighted by Gasteiger charge is 2.13. The summed E-state index contributed by atoms with van der Waals surface area (Å²) < 4.78 is 19.8. The number of ether oxygens (including phenoxy) is 1. The van der Waals surface area contributed by atoms with Crippen LogP contribution in [0, 0.1) is 12.7 Å². The first-order valence-electron chi connectivity index (χ1n) is 6.73. The molecule has 0 aliphatic heterocycles. The quantitative estimate of drug-likeness (QED) is 0.861. The summed E-state index contributed by atoms with van der Waals surface area (Å²) in [4.78, 5) is 8.85. The third kappa shape index (κ3) is 3.69. The molecule has 0 atom stereocenters. The van der Waals surface area contributed by atoms with Gasteiger partial charge in [-0.1, -0.05) is 6.92 Å². The van der Waals surface area contributed by atoms with Gasteiger partial charge in [0.15, 0.2) is 0 Å². The smallest absolute Gasteiger partial charge is 0.227 e. The third-order valence-electron chi connectivity index (χ3n) is 2.96. The fourth-order valence-corrected chi connectivity index (χ4v) is 2.21. The summed E-state index contributed by atoms with van der Waals surface area (Å²) in [6.45, 7) is 3.93. The number of halogens is 2. The maximum atomic E-state index is 13.4. The van der Waals surface area contributed by atoms with Gasteiger partial charge in [0.2, 0.25) is 5.88 Å². The average molecular weight is 354 g/mol. The molecule has 1 heterocycles. The first-order chi connectivity index (χ1) is 10.0. The van der Waals surface area contributed by atoms with E-state index in [2.05, 4.69) is 38.1 Å². The van der Waals surface area contributed by atoms with Crippen molar-refractivity contribution in [1.82, 2.24) is 9.97 Å². The van der Waals surface area contributed by atoms with Crippen molar-refractivity contribution in [2.24, 2.45) is 0 Å². The first kappa shape index (κ1) is 15.7. The second-order valence-corrected chi connectivity index (χ2v) is 5.45. The standard InChI is InChI=1S/C15H17BrFN3O/c1-4-5-13-19-14(18-3)9(2)15(20-13)21-12-8-10(17)6-7-11(12)16/h6-8H,4-5H2,1-3H3,(H,18,19,20). The van der Waals surface area contributed by atoms with Gasteiger partial charge in [-0.25, -0.2) is 9.37 Å². The van der Waals surface area contributed by atoms with E-state index in [1.807, 2.05) is 6.92 Å². The van der Waals surface area contributed by atoms with Crippen molar-refractivity contribution < 1.29 is 9.13 Å². The molecule has 2 rings (SSSR count). The highest BCUT2D eigenvalue weighted by atomic mass is 79.9. The summed E-state index contributed by atoms with van der Waals surface area (Å²) in [5, 5.41) is 3.03. The zero-order valence-corrected chi connectivity index (χ0v) is 13.8. The van der Waals surface area contributed by atoms with E-state index in [0.717, 1.165) is 24.2 Å². The normalized spacial score (nSPS) is 10.5. The molecule has 0 radical (unpaired) electrons. The summed E-state index contributed by atoms with van der Waals surface area (Å²) in [5.74, 6) is 1.89. The fourth-order valence-electron chi connectivity index (χ4n) is 1.88. The average Bonchev–Trinajstić information content (AvgIpc) is 2.46. The number of rotatable bonds is 5. The van der Waals surface area contributed by atoms with Gasteiger partial charge in [-0.15, -0.1) is 0 Å². The van der Waals surface area contributed by atoms with Crippen LogP contribution in [0.4, 0.5) is 10.2 Å². The predicted molar refractivity (Wildman–Crippen MR) is 84.5 cm³/mol. The van der Waals surface area contributed by atoms with Crippen LogP contribution in [0.25, 0.3) is 0 Å². The van der Waals surface area contributed by atoms with Crippen LogP contribution in [-0.4, -0.2) is 17.0 Å². The minimum Gasteiger partial charge on any atom is -0.437 e. The second kappa shape index (κ2) is 6.85. The lowest BCUT2D eigenvalue weighted by molar-refractivity contribution is 0.447. The van der Waals surface area contributed by atoms with Crippen LogP contribution in [-0.2, 0) is 6.42 Å². The maximum absolute atomic E-state index is 13.4. The zero-order chi connectivity index (χ0) is 15.4. The lowest BCUT2D eigenvalue weighted by atomic mass is 10.2. The monoisotopic (exact) mass is 353 g/mol. The van der Waals surface area contributed by atoms with E-state index in [1.165, 1.54) is 12.1 Å². The van der Waals surface area contributed by atoms with Crippen molar-refractivity contribution in [2.45, 2.75) is 26.7 Å². The molecular formula is C15H17BrFN3O. The third-order valence-corrected chi connectivity index (χ3v) is 3.61. The van der Waals surface area contributed by atoms with E-state index < -0.39 is 0 Å². The largest absolute Gasteiger partial charge is 0.437 e. The van der Waals surface area contributed by atoms with Crippen molar-refractivity contribution in [2.75, 3.05) is 12.4 Å². The van der Waals surface area contributed by atoms with Crippen LogP contribution in [0.2, 0.25) is 0 Å². The van der Waals surface area contributed by atoms with Crippen LogP contribution >= 0.6 is 15.9 Å². The Balaban J connectivity index is 2.42. The van der Waals surface area contributed by atoms with Gasteiger partial charge < -0.3 is 10.1 Å². The van der Waals surface area contributed by atoms with E-state index in [4.69, 9.17) is 4.74 Å². The fraction of sp³-hybridized carbons (Fsp3) is 0.333. The van der Waals surface area contributed by atoms with Gasteiger partial charge in [-0.3, -0.25) is 0 Å². The molecule has 0 fully saturated rings. The van der Waals surface area contributed by atoms with E-state index in [-0.39, 0.29) is 5.82 Å². The van der Waals surface area contributed by atoms with Crippen LogP contribution in [0.3, 0.4) is 0 Å². The Bertz CT molecular complexity index is 649. The van der Waals surface area contributed by atoms with Gasteiger partial charge in [0, 0.05) is 19.5 Å². The van der Waals surface area contributed by atoms with Gasteiger partial charge >= 0.3 is 0 Å². The molecule has 0 saturated carbocycles. The molecule has 0 bridgehead atoms. The van der Waals surface area contributed by atoms with Gasteiger partial charge in [-0.05, 0) is 41.4 Å². The molecule has 0 unspecified atom stereocenters. The molecular weight excluding hydrogens is 337 g/mol. The summed E-state index contributed by atoms with van der Waals surface area (Å²) >= 11 is 3.35. The number of aryl methyl sites for hydroxylation is 1. The highest BCUT2D eigenvalue weighted by molar-refractivity contribution is 9.10. The molecule has 6 heteroatoms. The van der Waals surface area contributed by atoms with Crippen LogP contribution in [0.5, 0.6) is 11.6 Å². The lowest BCUT2D eigenvalue weighted by Gasteiger charge is -2.13. The second-order valence-electron chi connectivity index (χ2n) is 4.60. The minimum atomic E-state index is -0.359. The molecule has 0 amide bonds. The highest BCUT2D eigenvalue weighted by Crippen LogP contribution is 2.32. The molecule has 1 aromatic heterocycles. The Hall–Kier alpha value is -1.69. The predicted octanol–water partition coefficient (Wildman–Crippen LogP) is 4.47. The van der Waals surface area contributed by atoms with E-state index in [9.17, 15) is 4.39 Å². The molecule has 0 saturated heterocycles. The first-order valence-corrected chi connectivity index (χ1v) is 7.52. The number of aromatic nitrogens is 2. The number of nitrogens with one attached hydrogen (secondary N) is 1. The van der Waals surface area contributed by atoms with Gasteiger partial charge in [0.1, 0.15) is 23.2 Å². The zero-order valence-electron chi connectivity index (χ0n) is 12.2. The summed E-state index contributed by atoms with van der Waals surface area (Å²) in [6.07, 6.45) is 1.70. The molecule has 4 nitrogen and oxygen atoms in total. The lowest BCUT2D eigenvalue weighted by Crippen LogP contribution is -2.05. The summed E-state index contributed by atoms with van der Waals surface area (Å²) in [6, 6.07) is 4.29. The molecule has 0 spiro atoms. The molecule has 2 aromatic rings. The van der Waals surface area contributed by atoms with E-state index >= 15 is 0 Å². The number of anilines is 1. The van der Waals surface area contributed by atoms with E-state index in [0.29, 0.717) is 21.9 Å². The van der Waals surface area contributed by atoms with Gasteiger partial charge in [-0.2, -0.15) is 4.98 Å². The minimum absolute atomic E-state index is 0.359. The molecule has 1 aromatic carbocycles.